The van der Waals surface area contributed by atoms with Crippen LogP contribution in [0.4, 0.5) is 22.0 Å². The van der Waals surface area contributed by atoms with Crippen LogP contribution in [0, 0.1) is 11.6 Å². The Hall–Kier alpha value is -1.17. The Balaban J connectivity index is 3.37. The van der Waals surface area contributed by atoms with Gasteiger partial charge in [0.15, 0.2) is 0 Å². The number of rotatable bonds is 1. The first-order valence-electron chi connectivity index (χ1n) is 3.52. The molecule has 0 amide bonds. The van der Waals surface area contributed by atoms with Gasteiger partial charge in [0.2, 0.25) is 0 Å². The zero-order valence-electron chi connectivity index (χ0n) is 6.70. The Labute approximate surface area is 75.8 Å². The summed E-state index contributed by atoms with van der Waals surface area (Å²) < 4.78 is 61.6. The Morgan fingerprint density at radius 3 is 2.14 bits per heavy atom. The van der Waals surface area contributed by atoms with E-state index in [1.165, 1.54) is 0 Å². The van der Waals surface area contributed by atoms with Crippen molar-refractivity contribution in [2.45, 2.75) is 12.8 Å². The van der Waals surface area contributed by atoms with Crippen molar-refractivity contribution in [3.05, 3.63) is 34.9 Å². The highest BCUT2D eigenvalue weighted by atomic mass is 19.4. The zero-order chi connectivity index (χ0) is 10.9. The lowest BCUT2D eigenvalue weighted by molar-refractivity contribution is -0.140. The van der Waals surface area contributed by atoms with Crippen molar-refractivity contribution < 1.29 is 27.1 Å². The minimum atomic E-state index is -4.96. The molecule has 6 heteroatoms. The minimum absolute atomic E-state index is 0.0501. The Kier molecular flexibility index (Phi) is 2.75. The molecule has 0 saturated heterocycles. The first-order chi connectivity index (χ1) is 6.36. The van der Waals surface area contributed by atoms with Crippen molar-refractivity contribution in [1.82, 2.24) is 0 Å². The van der Waals surface area contributed by atoms with Crippen molar-refractivity contribution in [3.63, 3.8) is 0 Å². The molecule has 1 aromatic rings. The maximum atomic E-state index is 12.9. The summed E-state index contributed by atoms with van der Waals surface area (Å²) in [6, 6.07) is 0.569. The topological polar surface area (TPSA) is 20.2 Å². The average Bonchev–Trinajstić information content (AvgIpc) is 2.06. The lowest BCUT2D eigenvalue weighted by Crippen LogP contribution is -2.11. The van der Waals surface area contributed by atoms with E-state index in [0.717, 1.165) is 0 Å². The van der Waals surface area contributed by atoms with Gasteiger partial charge in [-0.2, -0.15) is 13.2 Å². The van der Waals surface area contributed by atoms with Crippen molar-refractivity contribution in [2.24, 2.45) is 0 Å². The van der Waals surface area contributed by atoms with E-state index < -0.39 is 35.5 Å². The van der Waals surface area contributed by atoms with Crippen LogP contribution in [-0.4, -0.2) is 5.11 Å². The van der Waals surface area contributed by atoms with Crippen LogP contribution in [0.5, 0.6) is 0 Å². The monoisotopic (exact) mass is 212 g/mol. The normalized spacial score (nSPS) is 11.9. The number of hydrogen-bond acceptors (Lipinski definition) is 1. The van der Waals surface area contributed by atoms with Crippen LogP contribution >= 0.6 is 0 Å². The second kappa shape index (κ2) is 3.53. The second-order valence-electron chi connectivity index (χ2n) is 2.58. The molecule has 0 saturated carbocycles. The molecule has 1 nitrogen and oxygen atoms in total. The lowest BCUT2D eigenvalue weighted by Gasteiger charge is -2.10. The fourth-order valence-electron chi connectivity index (χ4n) is 0.967. The largest absolute Gasteiger partial charge is 0.419 e. The molecule has 1 N–H and O–H groups in total. The molecule has 0 heterocycles. The van der Waals surface area contributed by atoms with E-state index in [-0.39, 0.29) is 6.07 Å². The summed E-state index contributed by atoms with van der Waals surface area (Å²) in [5.74, 6) is -2.87. The van der Waals surface area contributed by atoms with Crippen LogP contribution in [0.15, 0.2) is 12.1 Å². The van der Waals surface area contributed by atoms with E-state index in [9.17, 15) is 22.0 Å². The molecule has 78 valence electrons. The molecule has 0 aliphatic carbocycles. The summed E-state index contributed by atoms with van der Waals surface area (Å²) in [5, 5.41) is 8.46. The van der Waals surface area contributed by atoms with Gasteiger partial charge in [0.25, 0.3) is 0 Å². The number of hydrogen-bond donors (Lipinski definition) is 1. The van der Waals surface area contributed by atoms with Crippen LogP contribution in [-0.2, 0) is 12.8 Å². The first-order valence-corrected chi connectivity index (χ1v) is 3.52. The fraction of sp³-hybridized carbons (Fsp3) is 0.250. The van der Waals surface area contributed by atoms with E-state index in [0.29, 0.717) is 6.07 Å². The van der Waals surface area contributed by atoms with Crippen LogP contribution in [0.3, 0.4) is 0 Å². The molecule has 0 spiro atoms. The fourth-order valence-corrected chi connectivity index (χ4v) is 0.967. The van der Waals surface area contributed by atoms with Gasteiger partial charge >= 0.3 is 6.18 Å². The van der Waals surface area contributed by atoms with Crippen molar-refractivity contribution in [1.29, 1.82) is 0 Å². The molecule has 0 atom stereocenters. The highest BCUT2D eigenvalue weighted by Gasteiger charge is 2.35. The SMILES string of the molecule is OCc1cc(F)cc(C(F)(F)F)c1F. The molecule has 0 fully saturated rings. The minimum Gasteiger partial charge on any atom is -0.392 e. The molecule has 0 radical (unpaired) electrons. The third kappa shape index (κ3) is 2.01. The van der Waals surface area contributed by atoms with Crippen LogP contribution < -0.4 is 0 Å². The number of alkyl halides is 3. The van der Waals surface area contributed by atoms with E-state index in [1.54, 1.807) is 0 Å². The van der Waals surface area contributed by atoms with Gasteiger partial charge in [0.05, 0.1) is 12.2 Å². The summed E-state index contributed by atoms with van der Waals surface area (Å²) in [5.41, 5.74) is -2.42. The van der Waals surface area contributed by atoms with Crippen molar-refractivity contribution >= 4 is 0 Å². The number of aliphatic hydroxyl groups excluding tert-OH is 1. The molecule has 14 heavy (non-hydrogen) atoms. The van der Waals surface area contributed by atoms with E-state index in [2.05, 4.69) is 0 Å². The third-order valence-electron chi connectivity index (χ3n) is 1.59. The summed E-state index contributed by atoms with van der Waals surface area (Å²) in [6.07, 6.45) is -4.96. The van der Waals surface area contributed by atoms with Crippen LogP contribution in [0.1, 0.15) is 11.1 Å². The molecule has 0 aromatic heterocycles. The summed E-state index contributed by atoms with van der Waals surface area (Å²) in [7, 11) is 0. The number of benzene rings is 1. The van der Waals surface area contributed by atoms with Crippen molar-refractivity contribution in [3.8, 4) is 0 Å². The molecule has 0 bridgehead atoms. The number of halogens is 5. The van der Waals surface area contributed by atoms with E-state index >= 15 is 0 Å². The van der Waals surface area contributed by atoms with Crippen LogP contribution in [0.25, 0.3) is 0 Å². The molecule has 1 aromatic carbocycles. The van der Waals surface area contributed by atoms with Gasteiger partial charge in [0.1, 0.15) is 11.6 Å². The van der Waals surface area contributed by atoms with Gasteiger partial charge in [-0.15, -0.1) is 0 Å². The molecule has 0 aliphatic rings. The summed E-state index contributed by atoms with van der Waals surface area (Å²) in [6.45, 7) is -0.979. The van der Waals surface area contributed by atoms with Crippen LogP contribution in [0.2, 0.25) is 0 Å². The number of aliphatic hydroxyl groups is 1. The van der Waals surface area contributed by atoms with Gasteiger partial charge in [0, 0.05) is 5.56 Å². The predicted octanol–water partition coefficient (Wildman–Crippen LogP) is 2.48. The second-order valence-corrected chi connectivity index (χ2v) is 2.58. The maximum Gasteiger partial charge on any atom is 0.419 e. The zero-order valence-corrected chi connectivity index (χ0v) is 6.70. The van der Waals surface area contributed by atoms with E-state index in [4.69, 9.17) is 5.11 Å². The average molecular weight is 212 g/mol. The Morgan fingerprint density at radius 2 is 1.71 bits per heavy atom. The van der Waals surface area contributed by atoms with Crippen molar-refractivity contribution in [2.75, 3.05) is 0 Å². The quantitative estimate of drug-likeness (QED) is 0.709. The van der Waals surface area contributed by atoms with Gasteiger partial charge < -0.3 is 5.11 Å². The standard InChI is InChI=1S/C8H5F5O/c9-5-1-4(3-14)7(10)6(2-5)8(11,12)13/h1-2,14H,3H2. The predicted molar refractivity (Wildman–Crippen MR) is 37.3 cm³/mol. The first kappa shape index (κ1) is 10.9. The molecule has 0 aliphatic heterocycles. The van der Waals surface area contributed by atoms with Gasteiger partial charge in [-0.05, 0) is 12.1 Å². The maximum absolute atomic E-state index is 12.9. The Bertz CT molecular complexity index is 344. The molecule has 0 unspecified atom stereocenters. The molecule has 1 rings (SSSR count). The van der Waals surface area contributed by atoms with Gasteiger partial charge in [-0.3, -0.25) is 0 Å². The summed E-state index contributed by atoms with van der Waals surface area (Å²) in [4.78, 5) is 0. The smallest absolute Gasteiger partial charge is 0.392 e. The van der Waals surface area contributed by atoms with Gasteiger partial charge in [-0.1, -0.05) is 0 Å². The lowest BCUT2D eigenvalue weighted by atomic mass is 10.1. The third-order valence-corrected chi connectivity index (χ3v) is 1.59. The molecular weight excluding hydrogens is 207 g/mol. The van der Waals surface area contributed by atoms with E-state index in [1.807, 2.05) is 0 Å². The summed E-state index contributed by atoms with van der Waals surface area (Å²) >= 11 is 0. The Morgan fingerprint density at radius 1 is 1.14 bits per heavy atom. The molecular formula is C8H5F5O. The highest BCUT2D eigenvalue weighted by molar-refractivity contribution is 5.28. The van der Waals surface area contributed by atoms with Gasteiger partial charge in [-0.25, -0.2) is 8.78 Å². The highest BCUT2D eigenvalue weighted by Crippen LogP contribution is 2.33.